The monoisotopic (exact) mass is 286 g/mol. The Balaban J connectivity index is 1.91. The van der Waals surface area contributed by atoms with Gasteiger partial charge in [0.15, 0.2) is 0 Å². The van der Waals surface area contributed by atoms with Gasteiger partial charge in [0.2, 0.25) is 0 Å². The second kappa shape index (κ2) is 7.70. The average Bonchev–Trinajstić information content (AvgIpc) is 3.02. The summed E-state index contributed by atoms with van der Waals surface area (Å²) in [7, 11) is 0. The molecule has 4 heteroatoms. The van der Waals surface area contributed by atoms with Crippen molar-refractivity contribution in [2.75, 3.05) is 19.7 Å². The Hall–Kier alpha value is -1.99. The molecule has 21 heavy (non-hydrogen) atoms. The van der Waals surface area contributed by atoms with Crippen LogP contribution in [0.4, 0.5) is 4.79 Å². The number of benzene rings is 1. The predicted molar refractivity (Wildman–Crippen MR) is 82.8 cm³/mol. The number of aliphatic hydroxyl groups excluding tert-OH is 1. The number of urea groups is 1. The summed E-state index contributed by atoms with van der Waals surface area (Å²) in [5.74, 6) is 5.88. The third kappa shape index (κ3) is 4.51. The minimum absolute atomic E-state index is 0.0162. The lowest BCUT2D eigenvalue weighted by molar-refractivity contribution is 0.205. The number of hydrogen-bond acceptors (Lipinski definition) is 2. The molecule has 2 rings (SSSR count). The third-order valence-electron chi connectivity index (χ3n) is 3.61. The number of rotatable bonds is 3. The maximum absolute atomic E-state index is 12.0. The maximum Gasteiger partial charge on any atom is 0.317 e. The fraction of sp³-hybridized carbons (Fsp3) is 0.471. The molecule has 1 heterocycles. The number of nitrogens with zero attached hydrogens (tertiary/aromatic N) is 1. The quantitative estimate of drug-likeness (QED) is 0.838. The van der Waals surface area contributed by atoms with E-state index in [0.29, 0.717) is 6.42 Å². The summed E-state index contributed by atoms with van der Waals surface area (Å²) in [6, 6.07) is 7.86. The summed E-state index contributed by atoms with van der Waals surface area (Å²) >= 11 is 0. The molecule has 1 aliphatic heterocycles. The van der Waals surface area contributed by atoms with E-state index >= 15 is 0 Å². The van der Waals surface area contributed by atoms with Crippen LogP contribution in [-0.2, 0) is 0 Å². The van der Waals surface area contributed by atoms with Gasteiger partial charge in [-0.2, -0.15) is 0 Å². The van der Waals surface area contributed by atoms with Gasteiger partial charge in [-0.05, 0) is 37.5 Å². The summed E-state index contributed by atoms with van der Waals surface area (Å²) in [5.41, 5.74) is 1.99. The normalized spacial score (nSPS) is 15.2. The van der Waals surface area contributed by atoms with Gasteiger partial charge in [0.05, 0.1) is 12.6 Å². The minimum Gasteiger partial charge on any atom is -0.395 e. The maximum atomic E-state index is 12.0. The fourth-order valence-corrected chi connectivity index (χ4v) is 2.36. The number of likely N-dealkylation sites (tertiary alicyclic amines) is 1. The third-order valence-corrected chi connectivity index (χ3v) is 3.61. The van der Waals surface area contributed by atoms with Gasteiger partial charge in [0, 0.05) is 25.1 Å². The second-order valence-corrected chi connectivity index (χ2v) is 5.26. The zero-order valence-corrected chi connectivity index (χ0v) is 12.4. The van der Waals surface area contributed by atoms with E-state index in [1.54, 1.807) is 0 Å². The highest BCUT2D eigenvalue weighted by molar-refractivity contribution is 5.74. The summed E-state index contributed by atoms with van der Waals surface area (Å²) in [6.45, 7) is 3.79. The van der Waals surface area contributed by atoms with Crippen LogP contribution >= 0.6 is 0 Å². The minimum atomic E-state index is -0.0162. The zero-order chi connectivity index (χ0) is 15.1. The van der Waals surface area contributed by atoms with Crippen molar-refractivity contribution in [2.45, 2.75) is 32.2 Å². The van der Waals surface area contributed by atoms with Crippen LogP contribution in [-0.4, -0.2) is 35.7 Å². The molecule has 1 atom stereocenters. The molecule has 4 nitrogen and oxygen atoms in total. The van der Waals surface area contributed by atoms with E-state index in [1.807, 2.05) is 36.1 Å². The number of hydrogen-bond donors (Lipinski definition) is 2. The Kier molecular flexibility index (Phi) is 5.65. The molecule has 1 aromatic rings. The molecule has 1 aliphatic rings. The van der Waals surface area contributed by atoms with Gasteiger partial charge in [-0.15, -0.1) is 0 Å². The van der Waals surface area contributed by atoms with Crippen LogP contribution in [0.25, 0.3) is 0 Å². The molecule has 112 valence electrons. The number of carbonyl (C=O) groups is 1. The van der Waals surface area contributed by atoms with E-state index in [9.17, 15) is 4.79 Å². The molecule has 0 radical (unpaired) electrons. The second-order valence-electron chi connectivity index (χ2n) is 5.26. The molecule has 2 N–H and O–H groups in total. The van der Waals surface area contributed by atoms with Crippen molar-refractivity contribution in [3.8, 4) is 11.8 Å². The van der Waals surface area contributed by atoms with Gasteiger partial charge in [0.25, 0.3) is 0 Å². The molecule has 0 saturated carbocycles. The first-order chi connectivity index (χ1) is 10.2. The van der Waals surface area contributed by atoms with Crippen LogP contribution in [0.5, 0.6) is 0 Å². The van der Waals surface area contributed by atoms with Crippen molar-refractivity contribution in [3.05, 3.63) is 35.4 Å². The van der Waals surface area contributed by atoms with Crippen molar-refractivity contribution in [3.63, 3.8) is 0 Å². The van der Waals surface area contributed by atoms with E-state index in [1.165, 1.54) is 0 Å². The fourth-order valence-electron chi connectivity index (χ4n) is 2.36. The van der Waals surface area contributed by atoms with Gasteiger partial charge in [-0.3, -0.25) is 0 Å². The molecule has 1 fully saturated rings. The zero-order valence-electron chi connectivity index (χ0n) is 12.4. The van der Waals surface area contributed by atoms with Crippen molar-refractivity contribution in [2.24, 2.45) is 0 Å². The van der Waals surface area contributed by atoms with Crippen LogP contribution in [0.1, 0.15) is 43.4 Å². The van der Waals surface area contributed by atoms with Crippen LogP contribution in [0.2, 0.25) is 0 Å². The Bertz CT molecular complexity index is 522. The van der Waals surface area contributed by atoms with Crippen molar-refractivity contribution in [1.82, 2.24) is 10.2 Å². The van der Waals surface area contributed by atoms with Crippen LogP contribution in [0.3, 0.4) is 0 Å². The lowest BCUT2D eigenvalue weighted by Crippen LogP contribution is -2.39. The Labute approximate surface area is 126 Å². The van der Waals surface area contributed by atoms with Gasteiger partial charge in [0.1, 0.15) is 0 Å². The first kappa shape index (κ1) is 15.4. The molecule has 2 amide bonds. The molecule has 1 unspecified atom stereocenters. The summed E-state index contributed by atoms with van der Waals surface area (Å²) in [6.07, 6.45) is 2.69. The van der Waals surface area contributed by atoms with Crippen molar-refractivity contribution < 1.29 is 9.90 Å². The van der Waals surface area contributed by atoms with Crippen LogP contribution in [0, 0.1) is 11.8 Å². The number of aliphatic hydroxyl groups is 1. The lowest BCUT2D eigenvalue weighted by atomic mass is 10.1. The first-order valence-corrected chi connectivity index (χ1v) is 7.46. The number of nitrogens with one attached hydrogen (secondary N) is 1. The largest absolute Gasteiger partial charge is 0.395 e. The standard InChI is InChI=1S/C17H22N2O2/c1-14(18-17(21)19-11-3-4-12-19)16-9-7-15(8-10-16)6-2-5-13-20/h7-10,14,20H,3-5,11-13H2,1H3,(H,18,21). The smallest absolute Gasteiger partial charge is 0.317 e. The molecule has 1 saturated heterocycles. The number of amides is 2. The van der Waals surface area contributed by atoms with Crippen molar-refractivity contribution in [1.29, 1.82) is 0 Å². The molecule has 0 aromatic heterocycles. The number of carbonyl (C=O) groups excluding carboxylic acids is 1. The summed E-state index contributed by atoms with van der Waals surface area (Å²) in [4.78, 5) is 13.9. The van der Waals surface area contributed by atoms with E-state index < -0.39 is 0 Å². The summed E-state index contributed by atoms with van der Waals surface area (Å²) in [5, 5.41) is 11.7. The van der Waals surface area contributed by atoms with Gasteiger partial charge >= 0.3 is 6.03 Å². The van der Waals surface area contributed by atoms with Gasteiger partial charge in [-0.1, -0.05) is 24.0 Å². The van der Waals surface area contributed by atoms with Crippen molar-refractivity contribution >= 4 is 6.03 Å². The first-order valence-electron chi connectivity index (χ1n) is 7.46. The topological polar surface area (TPSA) is 52.6 Å². The lowest BCUT2D eigenvalue weighted by Gasteiger charge is -2.20. The van der Waals surface area contributed by atoms with Gasteiger partial charge in [-0.25, -0.2) is 4.79 Å². The predicted octanol–water partition coefficient (Wildman–Crippen LogP) is 2.29. The highest BCUT2D eigenvalue weighted by Gasteiger charge is 2.19. The molecular formula is C17H22N2O2. The molecule has 0 aliphatic carbocycles. The van der Waals surface area contributed by atoms with E-state index in [4.69, 9.17) is 5.11 Å². The van der Waals surface area contributed by atoms with Crippen LogP contribution < -0.4 is 5.32 Å². The van der Waals surface area contributed by atoms with Gasteiger partial charge < -0.3 is 15.3 Å². The van der Waals surface area contributed by atoms with E-state index in [-0.39, 0.29) is 18.7 Å². The average molecular weight is 286 g/mol. The highest BCUT2D eigenvalue weighted by atomic mass is 16.2. The molecule has 0 spiro atoms. The Morgan fingerprint density at radius 1 is 1.33 bits per heavy atom. The highest BCUT2D eigenvalue weighted by Crippen LogP contribution is 2.15. The summed E-state index contributed by atoms with van der Waals surface area (Å²) < 4.78 is 0. The molecule has 1 aromatic carbocycles. The SMILES string of the molecule is CC(NC(=O)N1CCCC1)c1ccc(C#CCCO)cc1. The van der Waals surface area contributed by atoms with E-state index in [2.05, 4.69) is 17.2 Å². The van der Waals surface area contributed by atoms with Crippen LogP contribution in [0.15, 0.2) is 24.3 Å². The Morgan fingerprint density at radius 2 is 2.00 bits per heavy atom. The molecule has 0 bridgehead atoms. The van der Waals surface area contributed by atoms with E-state index in [0.717, 1.165) is 37.1 Å². The molecular weight excluding hydrogens is 264 g/mol. The Morgan fingerprint density at radius 3 is 2.62 bits per heavy atom.